The van der Waals surface area contributed by atoms with Gasteiger partial charge in [0.05, 0.1) is 25.9 Å². The van der Waals surface area contributed by atoms with Crippen molar-refractivity contribution in [1.29, 1.82) is 0 Å². The van der Waals surface area contributed by atoms with Crippen LogP contribution in [0.5, 0.6) is 0 Å². The Morgan fingerprint density at radius 1 is 1.31 bits per heavy atom. The van der Waals surface area contributed by atoms with Gasteiger partial charge in [-0.1, -0.05) is 0 Å². The highest BCUT2D eigenvalue weighted by Crippen LogP contribution is 2.07. The summed E-state index contributed by atoms with van der Waals surface area (Å²) in [6.45, 7) is 9.09. The lowest BCUT2D eigenvalue weighted by molar-refractivity contribution is -0.0979. The van der Waals surface area contributed by atoms with Crippen LogP contribution >= 0.6 is 0 Å². The van der Waals surface area contributed by atoms with Gasteiger partial charge < -0.3 is 19.7 Å². The third-order valence-corrected chi connectivity index (χ3v) is 3.37. The van der Waals surface area contributed by atoms with Crippen LogP contribution in [0.3, 0.4) is 0 Å². The fourth-order valence-corrected chi connectivity index (χ4v) is 2.35. The molecular formula is C12H24N2O2. The Labute approximate surface area is 98.3 Å². The molecule has 4 heteroatoms. The molecule has 0 spiro atoms. The van der Waals surface area contributed by atoms with E-state index in [2.05, 4.69) is 17.1 Å². The molecule has 2 fully saturated rings. The molecule has 0 amide bonds. The summed E-state index contributed by atoms with van der Waals surface area (Å²) in [7, 11) is 0. The molecule has 0 aromatic rings. The van der Waals surface area contributed by atoms with Crippen molar-refractivity contribution < 1.29 is 9.47 Å². The molecule has 2 aliphatic rings. The number of nitrogens with zero attached hydrogens (tertiary/aromatic N) is 1. The molecule has 2 rings (SSSR count). The number of hydrogen-bond donors (Lipinski definition) is 1. The molecule has 0 aromatic carbocycles. The minimum absolute atomic E-state index is 0.288. The predicted molar refractivity (Wildman–Crippen MR) is 63.7 cm³/mol. The molecule has 0 radical (unpaired) electrons. The van der Waals surface area contributed by atoms with Gasteiger partial charge in [0.2, 0.25) is 0 Å². The van der Waals surface area contributed by atoms with E-state index in [4.69, 9.17) is 9.47 Å². The van der Waals surface area contributed by atoms with Crippen molar-refractivity contribution in [2.24, 2.45) is 0 Å². The average molecular weight is 228 g/mol. The van der Waals surface area contributed by atoms with Crippen molar-refractivity contribution in [2.45, 2.75) is 31.9 Å². The van der Waals surface area contributed by atoms with E-state index in [1.165, 1.54) is 25.9 Å². The monoisotopic (exact) mass is 228 g/mol. The lowest BCUT2D eigenvalue weighted by atomic mass is 10.1. The zero-order chi connectivity index (χ0) is 11.2. The summed E-state index contributed by atoms with van der Waals surface area (Å²) in [6.07, 6.45) is 2.75. The molecule has 94 valence electrons. The normalized spacial score (nSPS) is 34.3. The Bertz CT molecular complexity index is 195. The molecule has 1 N–H and O–H groups in total. The van der Waals surface area contributed by atoms with Crippen molar-refractivity contribution >= 4 is 0 Å². The first-order chi connectivity index (χ1) is 7.84. The number of hydrogen-bond acceptors (Lipinski definition) is 4. The van der Waals surface area contributed by atoms with E-state index in [1.807, 2.05) is 0 Å². The number of ether oxygens (including phenoxy) is 2. The molecule has 4 nitrogen and oxygen atoms in total. The Balaban J connectivity index is 1.73. The molecule has 2 atom stereocenters. The van der Waals surface area contributed by atoms with Crippen molar-refractivity contribution in [1.82, 2.24) is 10.2 Å². The van der Waals surface area contributed by atoms with Crippen LogP contribution in [-0.2, 0) is 9.47 Å². The van der Waals surface area contributed by atoms with Crippen LogP contribution in [0, 0.1) is 0 Å². The van der Waals surface area contributed by atoms with E-state index >= 15 is 0 Å². The Kier molecular flexibility index (Phi) is 5.03. The van der Waals surface area contributed by atoms with Gasteiger partial charge in [-0.2, -0.15) is 0 Å². The molecule has 0 aromatic heterocycles. The molecule has 2 aliphatic heterocycles. The fourth-order valence-electron chi connectivity index (χ4n) is 2.35. The number of nitrogens with one attached hydrogen (secondary N) is 1. The lowest BCUT2D eigenvalue weighted by Gasteiger charge is -2.32. The van der Waals surface area contributed by atoms with Crippen molar-refractivity contribution in [3.8, 4) is 0 Å². The quantitative estimate of drug-likeness (QED) is 0.745. The summed E-state index contributed by atoms with van der Waals surface area (Å²) in [5.74, 6) is 0. The third kappa shape index (κ3) is 4.01. The summed E-state index contributed by atoms with van der Waals surface area (Å²) in [5, 5.41) is 3.53. The van der Waals surface area contributed by atoms with Gasteiger partial charge in [-0.3, -0.25) is 0 Å². The standard InChI is InChI=1S/C12H24N2O2/c1-11-3-6-14(5-2-4-13-11)9-12-10-15-7-8-16-12/h11-13H,2-10H2,1H3. The van der Waals surface area contributed by atoms with Crippen LogP contribution in [0.1, 0.15) is 19.8 Å². The summed E-state index contributed by atoms with van der Waals surface area (Å²) >= 11 is 0. The van der Waals surface area contributed by atoms with Crippen LogP contribution in [0.25, 0.3) is 0 Å². The van der Waals surface area contributed by atoms with Crippen molar-refractivity contribution in [3.05, 3.63) is 0 Å². The minimum atomic E-state index is 0.288. The Morgan fingerprint density at radius 3 is 3.06 bits per heavy atom. The first-order valence-corrected chi connectivity index (χ1v) is 6.49. The SMILES string of the molecule is CC1CCN(CC2COCCO2)CCCN1. The predicted octanol–water partition coefficient (Wildman–Crippen LogP) is 0.476. The van der Waals surface area contributed by atoms with Gasteiger partial charge in [-0.05, 0) is 39.4 Å². The van der Waals surface area contributed by atoms with Crippen molar-refractivity contribution in [2.75, 3.05) is 46.0 Å². The zero-order valence-electron chi connectivity index (χ0n) is 10.3. The number of rotatable bonds is 2. The minimum Gasteiger partial charge on any atom is -0.376 e. The van der Waals surface area contributed by atoms with Crippen LogP contribution in [-0.4, -0.2) is 63.0 Å². The van der Waals surface area contributed by atoms with Gasteiger partial charge in [0.15, 0.2) is 0 Å². The highest BCUT2D eigenvalue weighted by atomic mass is 16.6. The van der Waals surface area contributed by atoms with Crippen molar-refractivity contribution in [3.63, 3.8) is 0 Å². The maximum absolute atomic E-state index is 5.70. The second-order valence-corrected chi connectivity index (χ2v) is 4.87. The second-order valence-electron chi connectivity index (χ2n) is 4.87. The van der Waals surface area contributed by atoms with Gasteiger partial charge >= 0.3 is 0 Å². The van der Waals surface area contributed by atoms with Gasteiger partial charge in [-0.25, -0.2) is 0 Å². The molecule has 0 saturated carbocycles. The topological polar surface area (TPSA) is 33.7 Å². The van der Waals surface area contributed by atoms with E-state index in [1.54, 1.807) is 0 Å². The van der Waals surface area contributed by atoms with Crippen LogP contribution in [0.4, 0.5) is 0 Å². The molecule has 2 saturated heterocycles. The maximum Gasteiger partial charge on any atom is 0.0936 e. The van der Waals surface area contributed by atoms with Crippen LogP contribution in [0.15, 0.2) is 0 Å². The smallest absolute Gasteiger partial charge is 0.0936 e. The average Bonchev–Trinajstić information content (AvgIpc) is 2.30. The molecular weight excluding hydrogens is 204 g/mol. The fraction of sp³-hybridized carbons (Fsp3) is 1.00. The van der Waals surface area contributed by atoms with E-state index in [0.29, 0.717) is 6.04 Å². The van der Waals surface area contributed by atoms with Crippen LogP contribution < -0.4 is 5.32 Å². The van der Waals surface area contributed by atoms with Crippen LogP contribution in [0.2, 0.25) is 0 Å². The van der Waals surface area contributed by atoms with E-state index in [0.717, 1.165) is 32.9 Å². The highest BCUT2D eigenvalue weighted by Gasteiger charge is 2.19. The van der Waals surface area contributed by atoms with Gasteiger partial charge in [0.1, 0.15) is 0 Å². The summed E-state index contributed by atoms with van der Waals surface area (Å²) < 4.78 is 11.1. The van der Waals surface area contributed by atoms with E-state index < -0.39 is 0 Å². The van der Waals surface area contributed by atoms with Gasteiger partial charge in [0.25, 0.3) is 0 Å². The summed E-state index contributed by atoms with van der Waals surface area (Å²) in [6, 6.07) is 0.645. The molecule has 2 unspecified atom stereocenters. The molecule has 16 heavy (non-hydrogen) atoms. The molecule has 0 bridgehead atoms. The van der Waals surface area contributed by atoms with Gasteiger partial charge in [-0.15, -0.1) is 0 Å². The highest BCUT2D eigenvalue weighted by molar-refractivity contribution is 4.73. The summed E-state index contributed by atoms with van der Waals surface area (Å²) in [5.41, 5.74) is 0. The lowest BCUT2D eigenvalue weighted by Crippen LogP contribution is -2.44. The molecule has 0 aliphatic carbocycles. The maximum atomic E-state index is 5.70. The third-order valence-electron chi connectivity index (χ3n) is 3.37. The summed E-state index contributed by atoms with van der Waals surface area (Å²) in [4.78, 5) is 2.52. The van der Waals surface area contributed by atoms with E-state index in [9.17, 15) is 0 Å². The Hall–Kier alpha value is -0.160. The molecule has 2 heterocycles. The largest absolute Gasteiger partial charge is 0.376 e. The first-order valence-electron chi connectivity index (χ1n) is 6.49. The van der Waals surface area contributed by atoms with Gasteiger partial charge in [0, 0.05) is 12.6 Å². The second kappa shape index (κ2) is 6.55. The Morgan fingerprint density at radius 2 is 2.25 bits per heavy atom. The zero-order valence-corrected chi connectivity index (χ0v) is 10.3. The van der Waals surface area contributed by atoms with E-state index in [-0.39, 0.29) is 6.10 Å². The first kappa shape index (κ1) is 12.3.